The maximum Gasteiger partial charge on any atom is 0.280 e. The number of benzene rings is 1. The highest BCUT2D eigenvalue weighted by molar-refractivity contribution is 5.24. The Bertz CT molecular complexity index is 474. The monoisotopic (exact) mass is 235 g/mol. The van der Waals surface area contributed by atoms with Crippen LogP contribution in [0.25, 0.3) is 0 Å². The SMILES string of the molecule is FC(F)c1cc(OCc2ccccc2)ccn1. The van der Waals surface area contributed by atoms with Crippen molar-refractivity contribution in [1.82, 2.24) is 4.98 Å². The Morgan fingerprint density at radius 3 is 2.59 bits per heavy atom. The van der Waals surface area contributed by atoms with Gasteiger partial charge in [-0.05, 0) is 11.6 Å². The highest BCUT2D eigenvalue weighted by Crippen LogP contribution is 2.21. The number of nitrogens with zero attached hydrogens (tertiary/aromatic N) is 1. The molecule has 0 spiro atoms. The molecule has 1 heterocycles. The van der Waals surface area contributed by atoms with Crippen LogP contribution >= 0.6 is 0 Å². The lowest BCUT2D eigenvalue weighted by Crippen LogP contribution is -1.97. The molecule has 0 saturated heterocycles. The summed E-state index contributed by atoms with van der Waals surface area (Å²) in [6, 6.07) is 12.4. The van der Waals surface area contributed by atoms with Crippen LogP contribution in [0.15, 0.2) is 48.7 Å². The molecular weight excluding hydrogens is 224 g/mol. The summed E-state index contributed by atoms with van der Waals surface area (Å²) in [5.41, 5.74) is 0.721. The normalized spacial score (nSPS) is 10.5. The molecule has 0 aliphatic heterocycles. The lowest BCUT2D eigenvalue weighted by molar-refractivity contribution is 0.145. The van der Waals surface area contributed by atoms with E-state index in [-0.39, 0.29) is 5.69 Å². The largest absolute Gasteiger partial charge is 0.489 e. The number of hydrogen-bond donors (Lipinski definition) is 0. The molecule has 4 heteroatoms. The average Bonchev–Trinajstić information content (AvgIpc) is 2.38. The molecule has 0 N–H and O–H groups in total. The van der Waals surface area contributed by atoms with Gasteiger partial charge >= 0.3 is 0 Å². The zero-order chi connectivity index (χ0) is 12.1. The summed E-state index contributed by atoms with van der Waals surface area (Å²) in [5.74, 6) is 0.402. The first-order chi connectivity index (χ1) is 8.25. The number of halogens is 2. The Balaban J connectivity index is 2.02. The molecule has 0 radical (unpaired) electrons. The highest BCUT2D eigenvalue weighted by Gasteiger charge is 2.09. The second kappa shape index (κ2) is 5.39. The van der Waals surface area contributed by atoms with E-state index in [1.165, 1.54) is 12.3 Å². The zero-order valence-electron chi connectivity index (χ0n) is 9.01. The zero-order valence-corrected chi connectivity index (χ0v) is 9.01. The van der Waals surface area contributed by atoms with Gasteiger partial charge in [0.15, 0.2) is 0 Å². The third-order valence-electron chi connectivity index (χ3n) is 2.22. The minimum absolute atomic E-state index is 0.268. The summed E-state index contributed by atoms with van der Waals surface area (Å²) >= 11 is 0. The molecule has 0 bridgehead atoms. The molecule has 2 rings (SSSR count). The van der Waals surface area contributed by atoms with Gasteiger partial charge in [-0.2, -0.15) is 0 Å². The summed E-state index contributed by atoms with van der Waals surface area (Å²) < 4.78 is 30.2. The van der Waals surface area contributed by atoms with E-state index in [4.69, 9.17) is 4.74 Å². The summed E-state index contributed by atoms with van der Waals surface area (Å²) in [6.45, 7) is 0.355. The van der Waals surface area contributed by atoms with E-state index in [2.05, 4.69) is 4.98 Å². The lowest BCUT2D eigenvalue weighted by atomic mass is 10.2. The maximum atomic E-state index is 12.4. The molecule has 0 atom stereocenters. The first kappa shape index (κ1) is 11.5. The van der Waals surface area contributed by atoms with E-state index in [9.17, 15) is 8.78 Å². The van der Waals surface area contributed by atoms with Gasteiger partial charge in [-0.1, -0.05) is 30.3 Å². The molecule has 2 aromatic rings. The summed E-state index contributed by atoms with van der Waals surface area (Å²) in [5, 5.41) is 0. The number of pyridine rings is 1. The molecule has 0 aliphatic carbocycles. The van der Waals surface area contributed by atoms with Crippen molar-refractivity contribution in [2.24, 2.45) is 0 Å². The minimum atomic E-state index is -2.57. The molecule has 0 fully saturated rings. The van der Waals surface area contributed by atoms with Crippen molar-refractivity contribution in [2.75, 3.05) is 0 Å². The van der Waals surface area contributed by atoms with E-state index >= 15 is 0 Å². The first-order valence-corrected chi connectivity index (χ1v) is 5.16. The van der Waals surface area contributed by atoms with Gasteiger partial charge in [0.2, 0.25) is 0 Å². The molecule has 0 aliphatic rings. The molecule has 0 unspecified atom stereocenters. The van der Waals surface area contributed by atoms with E-state index in [0.717, 1.165) is 5.56 Å². The van der Waals surface area contributed by atoms with Gasteiger partial charge in [0.1, 0.15) is 18.1 Å². The molecule has 17 heavy (non-hydrogen) atoms. The summed E-state index contributed by atoms with van der Waals surface area (Å²) in [4.78, 5) is 3.56. The number of aromatic nitrogens is 1. The first-order valence-electron chi connectivity index (χ1n) is 5.16. The number of ether oxygens (including phenoxy) is 1. The lowest BCUT2D eigenvalue weighted by Gasteiger charge is -2.07. The van der Waals surface area contributed by atoms with Crippen LogP contribution in [0, 0.1) is 0 Å². The standard InChI is InChI=1S/C13H11F2NO/c14-13(15)12-8-11(6-7-16-12)17-9-10-4-2-1-3-5-10/h1-8,13H,9H2. The van der Waals surface area contributed by atoms with Gasteiger partial charge in [-0.25, -0.2) is 8.78 Å². The number of alkyl halides is 2. The van der Waals surface area contributed by atoms with Crippen LogP contribution in [-0.2, 0) is 6.61 Å². The van der Waals surface area contributed by atoms with Crippen LogP contribution in [0.5, 0.6) is 5.75 Å². The van der Waals surface area contributed by atoms with Crippen molar-refractivity contribution < 1.29 is 13.5 Å². The van der Waals surface area contributed by atoms with Gasteiger partial charge in [0.25, 0.3) is 6.43 Å². The fraction of sp³-hybridized carbons (Fsp3) is 0.154. The summed E-state index contributed by atoms with van der Waals surface area (Å²) in [6.07, 6.45) is -1.25. The van der Waals surface area contributed by atoms with Crippen molar-refractivity contribution in [3.05, 3.63) is 59.9 Å². The molecule has 2 nitrogen and oxygen atoms in total. The fourth-order valence-electron chi connectivity index (χ4n) is 1.38. The van der Waals surface area contributed by atoms with E-state index in [1.54, 1.807) is 6.07 Å². The number of rotatable bonds is 4. The molecule has 1 aromatic heterocycles. The maximum absolute atomic E-state index is 12.4. The van der Waals surface area contributed by atoms with E-state index < -0.39 is 6.43 Å². The van der Waals surface area contributed by atoms with Crippen molar-refractivity contribution in [3.63, 3.8) is 0 Å². The quantitative estimate of drug-likeness (QED) is 0.807. The predicted octanol–water partition coefficient (Wildman–Crippen LogP) is 3.60. The van der Waals surface area contributed by atoms with Gasteiger partial charge in [0.05, 0.1) is 0 Å². The molecule has 0 amide bonds. The fourth-order valence-corrected chi connectivity index (χ4v) is 1.38. The smallest absolute Gasteiger partial charge is 0.280 e. The Kier molecular flexibility index (Phi) is 3.65. The second-order valence-electron chi connectivity index (χ2n) is 3.49. The predicted molar refractivity (Wildman–Crippen MR) is 60.0 cm³/mol. The Morgan fingerprint density at radius 1 is 1.12 bits per heavy atom. The number of hydrogen-bond acceptors (Lipinski definition) is 2. The van der Waals surface area contributed by atoms with Crippen LogP contribution in [0.1, 0.15) is 17.7 Å². The second-order valence-corrected chi connectivity index (χ2v) is 3.49. The van der Waals surface area contributed by atoms with Crippen molar-refractivity contribution in [3.8, 4) is 5.75 Å². The van der Waals surface area contributed by atoms with Gasteiger partial charge in [-0.3, -0.25) is 4.98 Å². The highest BCUT2D eigenvalue weighted by atomic mass is 19.3. The van der Waals surface area contributed by atoms with Gasteiger partial charge < -0.3 is 4.74 Å². The van der Waals surface area contributed by atoms with Crippen molar-refractivity contribution in [1.29, 1.82) is 0 Å². The van der Waals surface area contributed by atoms with Crippen LogP contribution in [0.4, 0.5) is 8.78 Å². The van der Waals surface area contributed by atoms with Crippen LogP contribution in [0.3, 0.4) is 0 Å². The summed E-state index contributed by atoms with van der Waals surface area (Å²) in [7, 11) is 0. The van der Waals surface area contributed by atoms with Gasteiger partial charge in [-0.15, -0.1) is 0 Å². The average molecular weight is 235 g/mol. The molecule has 88 valence electrons. The third kappa shape index (κ3) is 3.24. The Morgan fingerprint density at radius 2 is 1.88 bits per heavy atom. The van der Waals surface area contributed by atoms with Crippen LogP contribution in [-0.4, -0.2) is 4.98 Å². The van der Waals surface area contributed by atoms with Crippen LogP contribution in [0.2, 0.25) is 0 Å². The van der Waals surface area contributed by atoms with Crippen molar-refractivity contribution in [2.45, 2.75) is 13.0 Å². The minimum Gasteiger partial charge on any atom is -0.489 e. The topological polar surface area (TPSA) is 22.1 Å². The molecule has 1 aromatic carbocycles. The molecule has 0 saturated carbocycles. The van der Waals surface area contributed by atoms with E-state index in [1.807, 2.05) is 30.3 Å². The molecular formula is C13H11F2NO. The van der Waals surface area contributed by atoms with Crippen LogP contribution < -0.4 is 4.74 Å². The van der Waals surface area contributed by atoms with Gasteiger partial charge in [0, 0.05) is 12.3 Å². The Labute approximate surface area is 97.9 Å². The third-order valence-corrected chi connectivity index (χ3v) is 2.22. The van der Waals surface area contributed by atoms with Crippen molar-refractivity contribution >= 4 is 0 Å². The van der Waals surface area contributed by atoms with E-state index in [0.29, 0.717) is 12.4 Å². The Hall–Kier alpha value is -1.97.